The van der Waals surface area contributed by atoms with Crippen molar-refractivity contribution in [3.8, 4) is 11.5 Å². The van der Waals surface area contributed by atoms with E-state index in [0.29, 0.717) is 17.9 Å². The van der Waals surface area contributed by atoms with Gasteiger partial charge < -0.3 is 14.6 Å². The Morgan fingerprint density at radius 2 is 1.81 bits per heavy atom. The van der Waals surface area contributed by atoms with Crippen molar-refractivity contribution in [1.82, 2.24) is 4.98 Å². The number of aliphatic hydroxyl groups is 1. The van der Waals surface area contributed by atoms with Gasteiger partial charge in [0, 0.05) is 29.7 Å². The largest absolute Gasteiger partial charge is 0.573 e. The third-order valence-electron chi connectivity index (χ3n) is 5.37. The number of nitrogens with zero attached hydrogens (tertiary/aromatic N) is 2. The van der Waals surface area contributed by atoms with Gasteiger partial charge in [0.2, 0.25) is 0 Å². The summed E-state index contributed by atoms with van der Waals surface area (Å²) in [5.41, 5.74) is 0.399. The summed E-state index contributed by atoms with van der Waals surface area (Å²) in [5, 5.41) is 11.1. The van der Waals surface area contributed by atoms with Crippen molar-refractivity contribution in [2.75, 3.05) is 11.5 Å². The summed E-state index contributed by atoms with van der Waals surface area (Å²) >= 11 is 0. The molecule has 2 aromatic carbocycles. The molecule has 1 amide bonds. The molecule has 36 heavy (non-hydrogen) atoms. The molecular formula is C26H21F3N2O5. The molecular weight excluding hydrogens is 477 g/mol. The van der Waals surface area contributed by atoms with Crippen molar-refractivity contribution < 1.29 is 37.3 Å². The lowest BCUT2D eigenvalue weighted by molar-refractivity contribution is -0.274. The number of alkyl halides is 3. The Bertz CT molecular complexity index is 1290. The topological polar surface area (TPSA) is 89.0 Å². The second-order valence-corrected chi connectivity index (χ2v) is 7.87. The van der Waals surface area contributed by atoms with Gasteiger partial charge in [-0.05, 0) is 54.4 Å². The number of carbonyl (C=O) groups is 2. The fraction of sp³-hybridized carbons (Fsp3) is 0.192. The first-order valence-electron chi connectivity index (χ1n) is 11.0. The molecule has 2 heterocycles. The highest BCUT2D eigenvalue weighted by atomic mass is 19.4. The molecule has 1 fully saturated rings. The van der Waals surface area contributed by atoms with Crippen LogP contribution in [0.2, 0.25) is 0 Å². The molecule has 1 N–H and O–H groups in total. The first-order chi connectivity index (χ1) is 17.2. The van der Waals surface area contributed by atoms with Crippen LogP contribution < -0.4 is 14.4 Å². The van der Waals surface area contributed by atoms with E-state index in [1.54, 1.807) is 36.4 Å². The smallest absolute Gasteiger partial charge is 0.507 e. The Kier molecular flexibility index (Phi) is 6.96. The molecule has 0 spiro atoms. The van der Waals surface area contributed by atoms with Gasteiger partial charge in [-0.15, -0.1) is 13.2 Å². The average Bonchev–Trinajstić information content (AvgIpc) is 3.12. The summed E-state index contributed by atoms with van der Waals surface area (Å²) < 4.78 is 47.8. The maximum absolute atomic E-state index is 13.1. The van der Waals surface area contributed by atoms with Crippen LogP contribution in [0.3, 0.4) is 0 Å². The van der Waals surface area contributed by atoms with Gasteiger partial charge in [0.05, 0.1) is 18.2 Å². The first kappa shape index (κ1) is 24.8. The minimum Gasteiger partial charge on any atom is -0.507 e. The van der Waals surface area contributed by atoms with E-state index in [9.17, 15) is 27.9 Å². The van der Waals surface area contributed by atoms with Crippen LogP contribution in [0.15, 0.2) is 78.6 Å². The number of aliphatic hydroxyl groups excluding tert-OH is 1. The Morgan fingerprint density at radius 3 is 2.44 bits per heavy atom. The second-order valence-electron chi connectivity index (χ2n) is 7.87. The van der Waals surface area contributed by atoms with Crippen LogP contribution in [0.4, 0.5) is 18.9 Å². The van der Waals surface area contributed by atoms with Gasteiger partial charge in [-0.3, -0.25) is 19.5 Å². The Labute approximate surface area is 204 Å². The number of pyridine rings is 1. The third-order valence-corrected chi connectivity index (χ3v) is 5.37. The van der Waals surface area contributed by atoms with E-state index in [1.807, 2.05) is 6.92 Å². The Morgan fingerprint density at radius 1 is 1.06 bits per heavy atom. The summed E-state index contributed by atoms with van der Waals surface area (Å²) in [4.78, 5) is 31.3. The Balaban J connectivity index is 1.81. The number of carbonyl (C=O) groups excluding carboxylic acids is 2. The average molecular weight is 498 g/mol. The Hall–Kier alpha value is -4.34. The van der Waals surface area contributed by atoms with E-state index in [-0.39, 0.29) is 16.8 Å². The van der Waals surface area contributed by atoms with Gasteiger partial charge >= 0.3 is 6.36 Å². The zero-order valence-electron chi connectivity index (χ0n) is 19.0. The molecule has 1 aliphatic heterocycles. The van der Waals surface area contributed by atoms with Gasteiger partial charge in [0.1, 0.15) is 17.3 Å². The maximum Gasteiger partial charge on any atom is 0.573 e. The lowest BCUT2D eigenvalue weighted by Gasteiger charge is -2.25. The van der Waals surface area contributed by atoms with Crippen molar-refractivity contribution in [2.45, 2.75) is 25.7 Å². The number of ether oxygens (including phenoxy) is 2. The van der Waals surface area contributed by atoms with E-state index >= 15 is 0 Å². The molecule has 0 radical (unpaired) electrons. The van der Waals surface area contributed by atoms with E-state index in [4.69, 9.17) is 4.74 Å². The van der Waals surface area contributed by atoms with Crippen molar-refractivity contribution >= 4 is 23.1 Å². The van der Waals surface area contributed by atoms with Crippen LogP contribution >= 0.6 is 0 Å². The quantitative estimate of drug-likeness (QED) is 0.267. The highest BCUT2D eigenvalue weighted by molar-refractivity contribution is 6.51. The fourth-order valence-electron chi connectivity index (χ4n) is 3.87. The first-order valence-corrected chi connectivity index (χ1v) is 11.0. The summed E-state index contributed by atoms with van der Waals surface area (Å²) in [7, 11) is 0. The number of aromatic nitrogens is 1. The van der Waals surface area contributed by atoms with Crippen molar-refractivity contribution in [1.29, 1.82) is 0 Å². The van der Waals surface area contributed by atoms with Gasteiger partial charge in [0.15, 0.2) is 0 Å². The number of ketones is 1. The number of hydrogen-bond donors (Lipinski definition) is 1. The molecule has 1 saturated heterocycles. The van der Waals surface area contributed by atoms with Gasteiger partial charge in [-0.1, -0.05) is 19.1 Å². The molecule has 3 aromatic rings. The van der Waals surface area contributed by atoms with Crippen molar-refractivity contribution in [2.24, 2.45) is 0 Å². The SMILES string of the molecule is CCCOc1ccc(/C(O)=C2\C(=O)C(=O)N(c3cccc(OC(F)(F)F)c3)C2c2cccnc2)cc1. The molecule has 1 unspecified atom stereocenters. The molecule has 0 bridgehead atoms. The molecule has 1 aromatic heterocycles. The maximum atomic E-state index is 13.1. The lowest BCUT2D eigenvalue weighted by atomic mass is 9.96. The van der Waals surface area contributed by atoms with E-state index in [0.717, 1.165) is 23.5 Å². The number of hydrogen-bond acceptors (Lipinski definition) is 6. The number of amides is 1. The normalized spacial score (nSPS) is 17.3. The standard InChI is InChI=1S/C26H21F3N2O5/c1-2-13-35-19-10-8-16(9-11-19)23(32)21-22(17-5-4-12-30-15-17)31(25(34)24(21)33)18-6-3-7-20(14-18)36-26(27,28)29/h3-12,14-15,22,32H,2,13H2,1H3/b23-21+. The molecule has 186 valence electrons. The van der Waals surface area contributed by atoms with E-state index in [1.165, 1.54) is 24.5 Å². The monoisotopic (exact) mass is 498 g/mol. The summed E-state index contributed by atoms with van der Waals surface area (Å²) in [6.45, 7) is 2.47. The van der Waals surface area contributed by atoms with E-state index < -0.39 is 35.6 Å². The number of halogens is 3. The molecule has 4 rings (SSSR count). The van der Waals surface area contributed by atoms with Gasteiger partial charge in [-0.2, -0.15) is 0 Å². The predicted molar refractivity (Wildman–Crippen MR) is 124 cm³/mol. The van der Waals surface area contributed by atoms with E-state index in [2.05, 4.69) is 9.72 Å². The van der Waals surface area contributed by atoms with Crippen LogP contribution in [-0.2, 0) is 9.59 Å². The predicted octanol–water partition coefficient (Wildman–Crippen LogP) is 5.40. The van der Waals surface area contributed by atoms with Crippen LogP contribution in [0, 0.1) is 0 Å². The van der Waals surface area contributed by atoms with Gasteiger partial charge in [-0.25, -0.2) is 0 Å². The lowest BCUT2D eigenvalue weighted by Crippen LogP contribution is -2.29. The highest BCUT2D eigenvalue weighted by Gasteiger charge is 2.47. The van der Waals surface area contributed by atoms with Crippen LogP contribution in [-0.4, -0.2) is 34.8 Å². The fourth-order valence-corrected chi connectivity index (χ4v) is 3.87. The number of benzene rings is 2. The van der Waals surface area contributed by atoms with Crippen LogP contribution in [0.5, 0.6) is 11.5 Å². The minimum atomic E-state index is -4.94. The molecule has 0 saturated carbocycles. The number of rotatable bonds is 7. The third kappa shape index (κ3) is 5.17. The van der Waals surface area contributed by atoms with Crippen molar-refractivity contribution in [3.63, 3.8) is 0 Å². The van der Waals surface area contributed by atoms with Crippen LogP contribution in [0.25, 0.3) is 5.76 Å². The number of anilines is 1. The summed E-state index contributed by atoms with van der Waals surface area (Å²) in [6, 6.07) is 13.1. The second kappa shape index (κ2) is 10.1. The van der Waals surface area contributed by atoms with Gasteiger partial charge in [0.25, 0.3) is 11.7 Å². The molecule has 0 aliphatic carbocycles. The highest BCUT2D eigenvalue weighted by Crippen LogP contribution is 2.43. The van der Waals surface area contributed by atoms with Crippen molar-refractivity contribution in [3.05, 3.63) is 89.8 Å². The van der Waals surface area contributed by atoms with Crippen LogP contribution in [0.1, 0.15) is 30.5 Å². The zero-order chi connectivity index (χ0) is 25.9. The zero-order valence-corrected chi connectivity index (χ0v) is 19.0. The molecule has 10 heteroatoms. The molecule has 7 nitrogen and oxygen atoms in total. The molecule has 1 aliphatic rings. The molecule has 1 atom stereocenters. The minimum absolute atomic E-state index is 0.0185. The summed E-state index contributed by atoms with van der Waals surface area (Å²) in [6.07, 6.45) is -1.23. The number of Topliss-reactive ketones (excluding diaryl/α,β-unsaturated/α-hetero) is 1. The summed E-state index contributed by atoms with van der Waals surface area (Å²) in [5.74, 6) is -2.43.